The molecule has 36 heavy (non-hydrogen) atoms. The number of hydrogen-bond acceptors (Lipinski definition) is 10. The van der Waals surface area contributed by atoms with E-state index in [1.54, 1.807) is 41.3 Å². The molecular weight excluding hydrogens is 470 g/mol. The number of nitrogen functional groups attached to an aromatic ring is 1. The second-order valence-corrected chi connectivity index (χ2v) is 8.33. The van der Waals surface area contributed by atoms with Gasteiger partial charge in [-0.1, -0.05) is 12.1 Å². The van der Waals surface area contributed by atoms with Crippen LogP contribution in [0.2, 0.25) is 0 Å². The average molecular weight is 495 g/mol. The number of aliphatic carboxylic acids is 1. The molecule has 0 bridgehead atoms. The van der Waals surface area contributed by atoms with Crippen molar-refractivity contribution in [1.82, 2.24) is 14.9 Å². The highest BCUT2D eigenvalue weighted by Gasteiger charge is 2.41. The molecule has 5 rings (SSSR count). The summed E-state index contributed by atoms with van der Waals surface area (Å²) in [5.74, 6) is 0.829. The largest absolute Gasteiger partial charge is 0.493 e. The van der Waals surface area contributed by atoms with Gasteiger partial charge in [-0.25, -0.2) is 9.78 Å². The Morgan fingerprint density at radius 2 is 1.81 bits per heavy atom. The van der Waals surface area contributed by atoms with E-state index in [9.17, 15) is 14.7 Å². The van der Waals surface area contributed by atoms with Crippen LogP contribution in [0.3, 0.4) is 0 Å². The number of carboxylic acids is 1. The maximum Gasteiger partial charge on any atom is 0.328 e. The Morgan fingerprint density at radius 3 is 2.53 bits per heavy atom. The van der Waals surface area contributed by atoms with Crippen molar-refractivity contribution in [2.75, 3.05) is 51.1 Å². The molecule has 12 heteroatoms. The molecule has 3 aromatic rings. The van der Waals surface area contributed by atoms with Gasteiger partial charge in [0.25, 0.3) is 5.91 Å². The van der Waals surface area contributed by atoms with Crippen molar-refractivity contribution in [3.63, 3.8) is 0 Å². The van der Waals surface area contributed by atoms with Crippen LogP contribution in [0.5, 0.6) is 23.0 Å². The number of aromatic nitrogens is 2. The van der Waals surface area contributed by atoms with Crippen LogP contribution in [0.4, 0.5) is 11.8 Å². The lowest BCUT2D eigenvalue weighted by Crippen LogP contribution is -2.61. The van der Waals surface area contributed by atoms with E-state index in [1.165, 1.54) is 19.1 Å². The van der Waals surface area contributed by atoms with E-state index in [0.717, 1.165) is 0 Å². The number of carbonyl (C=O) groups is 2. The summed E-state index contributed by atoms with van der Waals surface area (Å²) >= 11 is 0. The molecular formula is C24H25N5O7. The van der Waals surface area contributed by atoms with Gasteiger partial charge < -0.3 is 39.6 Å². The van der Waals surface area contributed by atoms with Gasteiger partial charge in [-0.3, -0.25) is 4.79 Å². The van der Waals surface area contributed by atoms with Crippen molar-refractivity contribution in [2.24, 2.45) is 0 Å². The maximum absolute atomic E-state index is 13.2. The number of carboxylic acid groups (broad SMARTS) is 1. The monoisotopic (exact) mass is 495 g/mol. The minimum Gasteiger partial charge on any atom is -0.493 e. The Labute approximate surface area is 206 Å². The summed E-state index contributed by atoms with van der Waals surface area (Å²) < 4.78 is 22.1. The minimum atomic E-state index is -1.15. The van der Waals surface area contributed by atoms with Crippen molar-refractivity contribution < 1.29 is 33.6 Å². The van der Waals surface area contributed by atoms with E-state index in [2.05, 4.69) is 9.97 Å². The summed E-state index contributed by atoms with van der Waals surface area (Å²) in [6, 6.07) is 9.26. The fourth-order valence-corrected chi connectivity index (χ4v) is 4.37. The van der Waals surface area contributed by atoms with Gasteiger partial charge in [0, 0.05) is 24.5 Å². The number of methoxy groups -OCH3 is 2. The number of amides is 1. The lowest BCUT2D eigenvalue weighted by atomic mass is 10.1. The number of benzene rings is 2. The third kappa shape index (κ3) is 4.10. The van der Waals surface area contributed by atoms with Gasteiger partial charge >= 0.3 is 5.97 Å². The Hall–Kier alpha value is -4.48. The Kier molecular flexibility index (Phi) is 6.00. The van der Waals surface area contributed by atoms with Gasteiger partial charge in [0.2, 0.25) is 12.1 Å². The number of anilines is 2. The molecule has 3 heterocycles. The molecule has 1 aromatic heterocycles. The number of fused-ring (bicyclic) bond motifs is 2. The Morgan fingerprint density at radius 1 is 1.08 bits per heavy atom. The molecule has 12 nitrogen and oxygen atoms in total. The predicted molar refractivity (Wildman–Crippen MR) is 129 cm³/mol. The fraction of sp³-hybridized carbons (Fsp3) is 0.333. The molecule has 0 aliphatic carbocycles. The zero-order chi connectivity index (χ0) is 25.4. The number of nitrogens with two attached hydrogens (primary N) is 1. The molecule has 0 spiro atoms. The van der Waals surface area contributed by atoms with Crippen LogP contribution in [0.1, 0.15) is 0 Å². The van der Waals surface area contributed by atoms with Crippen molar-refractivity contribution >= 4 is 34.5 Å². The molecule has 188 valence electrons. The van der Waals surface area contributed by atoms with Crippen LogP contribution in [0.15, 0.2) is 36.4 Å². The second-order valence-electron chi connectivity index (χ2n) is 8.33. The van der Waals surface area contributed by atoms with Gasteiger partial charge in [-0.2, -0.15) is 4.98 Å². The molecule has 1 saturated heterocycles. The third-order valence-electron chi connectivity index (χ3n) is 6.23. The van der Waals surface area contributed by atoms with Crippen LogP contribution in [-0.4, -0.2) is 84.5 Å². The summed E-state index contributed by atoms with van der Waals surface area (Å²) in [4.78, 5) is 37.4. The smallest absolute Gasteiger partial charge is 0.328 e. The van der Waals surface area contributed by atoms with Crippen LogP contribution < -0.4 is 29.6 Å². The first kappa shape index (κ1) is 23.3. The van der Waals surface area contributed by atoms with Crippen molar-refractivity contribution in [3.05, 3.63) is 36.4 Å². The number of hydrogen-bond donors (Lipinski definition) is 2. The number of nitrogens with zero attached hydrogens (tertiary/aromatic N) is 4. The summed E-state index contributed by atoms with van der Waals surface area (Å²) in [6.07, 6.45) is -0.941. The van der Waals surface area contributed by atoms with Gasteiger partial charge in [0.05, 0.1) is 26.3 Å². The molecule has 1 fully saturated rings. The molecule has 0 radical (unpaired) electrons. The molecule has 3 N–H and O–H groups in total. The van der Waals surface area contributed by atoms with Gasteiger partial charge in [-0.05, 0) is 18.2 Å². The lowest BCUT2D eigenvalue weighted by molar-refractivity contribution is -0.155. The number of para-hydroxylation sites is 2. The van der Waals surface area contributed by atoms with Crippen molar-refractivity contribution in [3.8, 4) is 23.0 Å². The summed E-state index contributed by atoms with van der Waals surface area (Å²) in [5.41, 5.74) is 6.72. The Balaban J connectivity index is 1.38. The first-order valence-electron chi connectivity index (χ1n) is 11.3. The number of piperazine rings is 1. The lowest BCUT2D eigenvalue weighted by Gasteiger charge is -2.41. The van der Waals surface area contributed by atoms with Gasteiger partial charge in [-0.15, -0.1) is 0 Å². The number of rotatable bonds is 5. The minimum absolute atomic E-state index is 0.00197. The topological polar surface area (TPSA) is 150 Å². The van der Waals surface area contributed by atoms with E-state index >= 15 is 0 Å². The van der Waals surface area contributed by atoms with Crippen LogP contribution in [-0.2, 0) is 9.59 Å². The van der Waals surface area contributed by atoms with E-state index in [0.29, 0.717) is 40.4 Å². The highest BCUT2D eigenvalue weighted by molar-refractivity contribution is 5.92. The molecule has 2 aliphatic heterocycles. The van der Waals surface area contributed by atoms with Crippen molar-refractivity contribution in [1.29, 1.82) is 0 Å². The summed E-state index contributed by atoms with van der Waals surface area (Å²) in [7, 11) is 3.04. The maximum atomic E-state index is 13.2. The van der Waals surface area contributed by atoms with Crippen LogP contribution >= 0.6 is 0 Å². The van der Waals surface area contributed by atoms with E-state index in [1.807, 2.05) is 0 Å². The first-order valence-corrected chi connectivity index (χ1v) is 11.3. The quantitative estimate of drug-likeness (QED) is 0.525. The van der Waals surface area contributed by atoms with E-state index in [4.69, 9.17) is 24.7 Å². The molecule has 1 amide bonds. The standard InChI is InChI=1S/C24H25N5O7/c1-33-18-9-13-14(10-19(18)34-2)26-24(27-21(13)25)28-7-8-29(15(11-28)23(31)32)22(30)20-12-35-16-5-3-4-6-17(16)36-20/h3-6,9-10,15,20H,7-8,11-12H2,1-2H3,(H,31,32)(H2,25,26,27). The predicted octanol–water partition coefficient (Wildman–Crippen LogP) is 1.17. The molecule has 2 aliphatic rings. The Bertz CT molecular complexity index is 1330. The number of ether oxygens (including phenoxy) is 4. The van der Waals surface area contributed by atoms with E-state index < -0.39 is 24.0 Å². The van der Waals surface area contributed by atoms with Crippen LogP contribution in [0.25, 0.3) is 10.9 Å². The highest BCUT2D eigenvalue weighted by Crippen LogP contribution is 2.35. The first-order chi connectivity index (χ1) is 17.4. The zero-order valence-electron chi connectivity index (χ0n) is 19.7. The average Bonchev–Trinajstić information content (AvgIpc) is 2.91. The zero-order valence-corrected chi connectivity index (χ0v) is 19.7. The highest BCUT2D eigenvalue weighted by atomic mass is 16.6. The fourth-order valence-electron chi connectivity index (χ4n) is 4.37. The molecule has 2 atom stereocenters. The summed E-state index contributed by atoms with van der Waals surface area (Å²) in [5, 5.41) is 10.5. The van der Waals surface area contributed by atoms with Gasteiger partial charge in [0.1, 0.15) is 18.5 Å². The molecule has 0 saturated carbocycles. The molecule has 2 aromatic carbocycles. The van der Waals surface area contributed by atoms with Crippen molar-refractivity contribution in [2.45, 2.75) is 12.1 Å². The summed E-state index contributed by atoms with van der Waals surface area (Å²) in [6.45, 7) is 0.407. The third-order valence-corrected chi connectivity index (χ3v) is 6.23. The normalized spacial score (nSPS) is 19.2. The van der Waals surface area contributed by atoms with Crippen LogP contribution in [0, 0.1) is 0 Å². The molecule has 2 unspecified atom stereocenters. The van der Waals surface area contributed by atoms with E-state index in [-0.39, 0.29) is 31.5 Å². The number of carbonyl (C=O) groups excluding carboxylic acids is 1. The second kappa shape index (κ2) is 9.29. The van der Waals surface area contributed by atoms with Gasteiger partial charge in [0.15, 0.2) is 23.0 Å². The SMILES string of the molecule is COc1cc2nc(N3CCN(C(=O)C4COc5ccccc5O4)C(C(=O)O)C3)nc(N)c2cc1OC.